The predicted octanol–water partition coefficient (Wildman–Crippen LogP) is 2.35. The van der Waals surface area contributed by atoms with E-state index in [4.69, 9.17) is 16.3 Å². The number of nitrogens with one attached hydrogen (secondary N) is 1. The van der Waals surface area contributed by atoms with Gasteiger partial charge in [0.15, 0.2) is 0 Å². The van der Waals surface area contributed by atoms with Crippen LogP contribution in [0.15, 0.2) is 18.2 Å². The van der Waals surface area contributed by atoms with Gasteiger partial charge in [-0.1, -0.05) is 18.5 Å². The highest BCUT2D eigenvalue weighted by molar-refractivity contribution is 7.90. The molecule has 0 saturated heterocycles. The van der Waals surface area contributed by atoms with Gasteiger partial charge in [0.1, 0.15) is 5.75 Å². The summed E-state index contributed by atoms with van der Waals surface area (Å²) >= 11 is 6.00. The molecule has 18 heavy (non-hydrogen) atoms. The van der Waals surface area contributed by atoms with E-state index in [1.165, 1.54) is 20.2 Å². The summed E-state index contributed by atoms with van der Waals surface area (Å²) in [7, 11) is -0.620. The quantitative estimate of drug-likeness (QED) is 0.875. The fraction of sp³-hybridized carbons (Fsp3) is 0.455. The minimum atomic E-state index is -3.51. The van der Waals surface area contributed by atoms with E-state index in [1.54, 1.807) is 12.1 Å². The molecule has 0 fully saturated rings. The van der Waals surface area contributed by atoms with E-state index in [0.717, 1.165) is 10.7 Å². The number of rotatable bonds is 6. The molecule has 0 atom stereocenters. The lowest BCUT2D eigenvalue weighted by atomic mass is 10.3. The molecule has 102 valence electrons. The van der Waals surface area contributed by atoms with Gasteiger partial charge in [-0.25, -0.2) is 0 Å². The third-order valence-corrected chi connectivity index (χ3v) is 3.87. The van der Waals surface area contributed by atoms with Crippen LogP contribution in [0.3, 0.4) is 0 Å². The van der Waals surface area contributed by atoms with E-state index in [0.29, 0.717) is 23.1 Å². The van der Waals surface area contributed by atoms with Crippen molar-refractivity contribution in [3.63, 3.8) is 0 Å². The number of anilines is 1. The Labute approximate surface area is 113 Å². The molecule has 0 aliphatic rings. The highest BCUT2D eigenvalue weighted by Gasteiger charge is 2.13. The van der Waals surface area contributed by atoms with Crippen molar-refractivity contribution in [2.24, 2.45) is 0 Å². The lowest BCUT2D eigenvalue weighted by molar-refractivity contribution is 0.317. The third-order valence-electron chi connectivity index (χ3n) is 2.12. The minimum absolute atomic E-state index is 0.377. The second kappa shape index (κ2) is 6.26. The summed E-state index contributed by atoms with van der Waals surface area (Å²) in [6.45, 7) is 2.57. The first-order chi connectivity index (χ1) is 8.36. The molecular weight excluding hydrogens is 276 g/mol. The van der Waals surface area contributed by atoms with Crippen molar-refractivity contribution in [1.29, 1.82) is 0 Å². The molecule has 1 aromatic carbocycles. The predicted molar refractivity (Wildman–Crippen MR) is 73.5 cm³/mol. The van der Waals surface area contributed by atoms with Crippen LogP contribution in [0.2, 0.25) is 5.02 Å². The highest BCUT2D eigenvalue weighted by Crippen LogP contribution is 2.28. The van der Waals surface area contributed by atoms with Crippen LogP contribution >= 0.6 is 11.6 Å². The molecule has 0 unspecified atom stereocenters. The Balaban J connectivity index is 2.85. The molecule has 0 radical (unpaired) electrons. The van der Waals surface area contributed by atoms with Crippen LogP contribution < -0.4 is 9.46 Å². The zero-order chi connectivity index (χ0) is 13.8. The van der Waals surface area contributed by atoms with E-state index in [9.17, 15) is 8.42 Å². The van der Waals surface area contributed by atoms with Crippen molar-refractivity contribution < 1.29 is 13.2 Å². The van der Waals surface area contributed by atoms with Gasteiger partial charge in [-0.15, -0.1) is 0 Å². The van der Waals surface area contributed by atoms with Crippen molar-refractivity contribution in [3.05, 3.63) is 23.2 Å². The van der Waals surface area contributed by atoms with Crippen LogP contribution in [0.25, 0.3) is 0 Å². The summed E-state index contributed by atoms with van der Waals surface area (Å²) in [5.74, 6) is 0.548. The molecule has 0 bridgehead atoms. The Kier molecular flexibility index (Phi) is 5.25. The fourth-order valence-corrected chi connectivity index (χ4v) is 1.98. The first kappa shape index (κ1) is 15.1. The van der Waals surface area contributed by atoms with Gasteiger partial charge in [0.25, 0.3) is 0 Å². The summed E-state index contributed by atoms with van der Waals surface area (Å²) in [6.07, 6.45) is 0.880. The van der Waals surface area contributed by atoms with Gasteiger partial charge in [-0.2, -0.15) is 12.7 Å². The number of hydrogen-bond donors (Lipinski definition) is 1. The van der Waals surface area contributed by atoms with Crippen LogP contribution in [-0.4, -0.2) is 33.4 Å². The maximum absolute atomic E-state index is 11.6. The lowest BCUT2D eigenvalue weighted by Gasteiger charge is -2.14. The first-order valence-electron chi connectivity index (χ1n) is 5.49. The van der Waals surface area contributed by atoms with Crippen LogP contribution in [0.1, 0.15) is 13.3 Å². The summed E-state index contributed by atoms with van der Waals surface area (Å²) in [4.78, 5) is 0. The third kappa shape index (κ3) is 4.04. The maximum atomic E-state index is 11.6. The van der Waals surface area contributed by atoms with E-state index in [2.05, 4.69) is 4.72 Å². The van der Waals surface area contributed by atoms with Gasteiger partial charge in [0, 0.05) is 14.1 Å². The first-order valence-corrected chi connectivity index (χ1v) is 7.31. The number of ether oxygens (including phenoxy) is 1. The van der Waals surface area contributed by atoms with Gasteiger partial charge in [0.2, 0.25) is 0 Å². The van der Waals surface area contributed by atoms with Crippen LogP contribution in [0, 0.1) is 0 Å². The summed E-state index contributed by atoms with van der Waals surface area (Å²) in [5, 5.41) is 0.377. The molecule has 0 amide bonds. The maximum Gasteiger partial charge on any atom is 0.301 e. The Hall–Kier alpha value is -0.980. The van der Waals surface area contributed by atoms with Gasteiger partial charge >= 0.3 is 10.2 Å². The van der Waals surface area contributed by atoms with E-state index >= 15 is 0 Å². The average molecular weight is 293 g/mol. The van der Waals surface area contributed by atoms with Crippen molar-refractivity contribution in [2.75, 3.05) is 25.4 Å². The number of halogens is 1. The number of hydrogen-bond acceptors (Lipinski definition) is 3. The number of benzene rings is 1. The van der Waals surface area contributed by atoms with E-state index in [1.807, 2.05) is 6.92 Å². The van der Waals surface area contributed by atoms with Crippen molar-refractivity contribution in [2.45, 2.75) is 13.3 Å². The molecule has 0 aromatic heterocycles. The average Bonchev–Trinajstić information content (AvgIpc) is 2.27. The Morgan fingerprint density at radius 3 is 2.56 bits per heavy atom. The summed E-state index contributed by atoms with van der Waals surface area (Å²) < 4.78 is 32.1. The monoisotopic (exact) mass is 292 g/mol. The topological polar surface area (TPSA) is 58.6 Å². The molecular formula is C11H17ClN2O3S. The van der Waals surface area contributed by atoms with Crippen LogP contribution in [0.4, 0.5) is 5.69 Å². The molecule has 0 saturated carbocycles. The normalized spacial score (nSPS) is 11.6. The Morgan fingerprint density at radius 1 is 1.39 bits per heavy atom. The molecule has 1 N–H and O–H groups in total. The standard InChI is InChI=1S/C11H17ClN2O3S/c1-4-7-17-11-6-5-9(8-10(11)12)13-18(15,16)14(2)3/h5-6,8,13H,4,7H2,1-3H3. The van der Waals surface area contributed by atoms with Crippen molar-refractivity contribution in [1.82, 2.24) is 4.31 Å². The van der Waals surface area contributed by atoms with Gasteiger partial charge in [-0.3, -0.25) is 4.72 Å². The molecule has 0 aliphatic carbocycles. The SMILES string of the molecule is CCCOc1ccc(NS(=O)(=O)N(C)C)cc1Cl. The van der Waals surface area contributed by atoms with Crippen molar-refractivity contribution in [3.8, 4) is 5.75 Å². The van der Waals surface area contributed by atoms with Gasteiger partial charge in [0.05, 0.1) is 17.3 Å². The molecule has 5 nitrogen and oxygen atoms in total. The van der Waals surface area contributed by atoms with Gasteiger partial charge in [-0.05, 0) is 24.6 Å². The second-order valence-corrected chi connectivity index (χ2v) is 6.17. The molecule has 0 spiro atoms. The van der Waals surface area contributed by atoms with Crippen LogP contribution in [-0.2, 0) is 10.2 Å². The molecule has 0 aliphatic heterocycles. The fourth-order valence-electron chi connectivity index (χ4n) is 1.13. The lowest BCUT2D eigenvalue weighted by Crippen LogP contribution is -2.28. The van der Waals surface area contributed by atoms with Crippen LogP contribution in [0.5, 0.6) is 5.75 Å². The summed E-state index contributed by atoms with van der Waals surface area (Å²) in [5.41, 5.74) is 0.401. The minimum Gasteiger partial charge on any atom is -0.492 e. The zero-order valence-corrected chi connectivity index (χ0v) is 12.2. The summed E-state index contributed by atoms with van der Waals surface area (Å²) in [6, 6.07) is 4.77. The molecule has 0 heterocycles. The largest absolute Gasteiger partial charge is 0.492 e. The molecule has 7 heteroatoms. The Bertz CT molecular complexity index is 503. The molecule has 1 rings (SSSR count). The smallest absolute Gasteiger partial charge is 0.301 e. The van der Waals surface area contributed by atoms with Crippen molar-refractivity contribution >= 4 is 27.5 Å². The van der Waals surface area contributed by atoms with Gasteiger partial charge < -0.3 is 4.74 Å². The Morgan fingerprint density at radius 2 is 2.06 bits per heavy atom. The highest BCUT2D eigenvalue weighted by atomic mass is 35.5. The number of nitrogens with zero attached hydrogens (tertiary/aromatic N) is 1. The van der Waals surface area contributed by atoms with E-state index < -0.39 is 10.2 Å². The zero-order valence-electron chi connectivity index (χ0n) is 10.6. The second-order valence-electron chi connectivity index (χ2n) is 3.88. The van der Waals surface area contributed by atoms with E-state index in [-0.39, 0.29) is 0 Å². The molecule has 1 aromatic rings.